The minimum absolute atomic E-state index is 0.0102. The molecule has 7 nitrogen and oxygen atoms in total. The molecule has 1 aromatic heterocycles. The van der Waals surface area contributed by atoms with Gasteiger partial charge < -0.3 is 9.72 Å². The number of benzene rings is 1. The Bertz CT molecular complexity index is 972. The predicted octanol–water partition coefficient (Wildman–Crippen LogP) is 2.17. The van der Waals surface area contributed by atoms with Crippen molar-refractivity contribution in [1.29, 1.82) is 5.26 Å². The van der Waals surface area contributed by atoms with Crippen LogP contribution in [0.4, 0.5) is 4.39 Å². The average Bonchev–Trinajstić information content (AvgIpc) is 3.32. The lowest BCUT2D eigenvalue weighted by Crippen LogP contribution is -2.27. The summed E-state index contributed by atoms with van der Waals surface area (Å²) in [6.45, 7) is 0.553. The maximum absolute atomic E-state index is 13.7. The van der Waals surface area contributed by atoms with Crippen LogP contribution in [0, 0.1) is 17.1 Å². The van der Waals surface area contributed by atoms with Crippen molar-refractivity contribution in [2.24, 2.45) is 0 Å². The van der Waals surface area contributed by atoms with Crippen LogP contribution in [-0.2, 0) is 21.4 Å². The molecule has 1 fully saturated rings. The normalized spacial score (nSPS) is 14.9. The highest BCUT2D eigenvalue weighted by atomic mass is 32.2. The Labute approximate surface area is 150 Å². The Morgan fingerprint density at radius 3 is 2.73 bits per heavy atom. The third-order valence-electron chi connectivity index (χ3n) is 4.11. The van der Waals surface area contributed by atoms with Gasteiger partial charge in [-0.25, -0.2) is 17.6 Å². The van der Waals surface area contributed by atoms with E-state index in [0.717, 1.165) is 18.9 Å². The van der Waals surface area contributed by atoms with Gasteiger partial charge in [0.1, 0.15) is 23.0 Å². The van der Waals surface area contributed by atoms with Crippen LogP contribution in [0.1, 0.15) is 34.5 Å². The van der Waals surface area contributed by atoms with Crippen LogP contribution in [0.25, 0.3) is 0 Å². The molecule has 26 heavy (non-hydrogen) atoms. The first-order chi connectivity index (χ1) is 12.4. The number of nitrogens with zero attached hydrogens (tertiary/aromatic N) is 2. The lowest BCUT2D eigenvalue weighted by Gasteiger charge is -2.13. The van der Waals surface area contributed by atoms with E-state index in [1.807, 2.05) is 6.07 Å². The SMILES string of the molecule is N#Cc1ccc(F)c(COC(=O)c2cc(S(=O)(=O)N3CCCC3)c[nH]2)c1. The predicted molar refractivity (Wildman–Crippen MR) is 89.0 cm³/mol. The molecule has 1 aromatic carbocycles. The van der Waals surface area contributed by atoms with E-state index in [1.165, 1.54) is 28.7 Å². The zero-order chi connectivity index (χ0) is 18.7. The van der Waals surface area contributed by atoms with E-state index in [2.05, 4.69) is 4.98 Å². The molecule has 2 heterocycles. The molecule has 0 atom stereocenters. The number of nitriles is 1. The highest BCUT2D eigenvalue weighted by molar-refractivity contribution is 7.89. The zero-order valence-electron chi connectivity index (χ0n) is 13.7. The Kier molecular flexibility index (Phi) is 5.06. The van der Waals surface area contributed by atoms with Crippen LogP contribution in [0.15, 0.2) is 35.4 Å². The van der Waals surface area contributed by atoms with Crippen LogP contribution in [0.5, 0.6) is 0 Å². The molecule has 1 saturated heterocycles. The fourth-order valence-electron chi connectivity index (χ4n) is 2.69. The van der Waals surface area contributed by atoms with Crippen LogP contribution in [0.2, 0.25) is 0 Å². The Balaban J connectivity index is 1.70. The summed E-state index contributed by atoms with van der Waals surface area (Å²) in [4.78, 5) is 14.7. The van der Waals surface area contributed by atoms with E-state index >= 15 is 0 Å². The van der Waals surface area contributed by atoms with Gasteiger partial charge in [0.15, 0.2) is 0 Å². The third kappa shape index (κ3) is 3.61. The Morgan fingerprint density at radius 1 is 1.31 bits per heavy atom. The summed E-state index contributed by atoms with van der Waals surface area (Å²) in [5, 5.41) is 8.83. The van der Waals surface area contributed by atoms with E-state index in [0.29, 0.717) is 13.1 Å². The summed E-state index contributed by atoms with van der Waals surface area (Å²) in [7, 11) is -3.64. The largest absolute Gasteiger partial charge is 0.456 e. The quantitative estimate of drug-likeness (QED) is 0.805. The van der Waals surface area contributed by atoms with Crippen molar-refractivity contribution >= 4 is 16.0 Å². The Morgan fingerprint density at radius 2 is 2.04 bits per heavy atom. The van der Waals surface area contributed by atoms with Gasteiger partial charge in [0.05, 0.1) is 11.6 Å². The molecule has 1 aliphatic rings. The first kappa shape index (κ1) is 18.1. The molecule has 0 amide bonds. The van der Waals surface area contributed by atoms with Gasteiger partial charge in [-0.1, -0.05) is 0 Å². The van der Waals surface area contributed by atoms with Gasteiger partial charge in [0.25, 0.3) is 0 Å². The number of halogens is 1. The van der Waals surface area contributed by atoms with Crippen molar-refractivity contribution in [2.75, 3.05) is 13.1 Å². The van der Waals surface area contributed by atoms with Gasteiger partial charge in [-0.05, 0) is 37.1 Å². The summed E-state index contributed by atoms with van der Waals surface area (Å²) < 4.78 is 45.0. The van der Waals surface area contributed by atoms with Crippen molar-refractivity contribution in [1.82, 2.24) is 9.29 Å². The molecule has 0 spiro atoms. The zero-order valence-corrected chi connectivity index (χ0v) is 14.6. The lowest BCUT2D eigenvalue weighted by atomic mass is 10.1. The van der Waals surface area contributed by atoms with Gasteiger partial charge in [0.2, 0.25) is 10.0 Å². The minimum Gasteiger partial charge on any atom is -0.456 e. The Hall–Kier alpha value is -2.70. The van der Waals surface area contributed by atoms with Crippen LogP contribution >= 0.6 is 0 Å². The summed E-state index contributed by atoms with van der Waals surface area (Å²) >= 11 is 0. The van der Waals surface area contributed by atoms with Gasteiger partial charge in [0, 0.05) is 24.8 Å². The van der Waals surface area contributed by atoms with Gasteiger partial charge in [-0.2, -0.15) is 9.57 Å². The fourth-order valence-corrected chi connectivity index (χ4v) is 4.21. The average molecular weight is 377 g/mol. The standard InChI is InChI=1S/C17H16FN3O4S/c18-15-4-3-12(9-19)7-13(15)11-25-17(22)16-8-14(10-20-16)26(23,24)21-5-1-2-6-21/h3-4,7-8,10,20H,1-2,5-6,11H2. The molecule has 2 aromatic rings. The lowest BCUT2D eigenvalue weighted by molar-refractivity contribution is 0.0462. The highest BCUT2D eigenvalue weighted by Crippen LogP contribution is 2.22. The topological polar surface area (TPSA) is 103 Å². The molecule has 1 N–H and O–H groups in total. The second kappa shape index (κ2) is 7.27. The number of rotatable bonds is 5. The van der Waals surface area contributed by atoms with E-state index in [9.17, 15) is 17.6 Å². The number of nitrogens with one attached hydrogen (secondary N) is 1. The highest BCUT2D eigenvalue weighted by Gasteiger charge is 2.28. The number of H-pyrrole nitrogens is 1. The van der Waals surface area contributed by atoms with Crippen molar-refractivity contribution in [2.45, 2.75) is 24.3 Å². The van der Waals surface area contributed by atoms with E-state index in [-0.39, 0.29) is 28.3 Å². The van der Waals surface area contributed by atoms with Crippen LogP contribution in [-0.4, -0.2) is 36.8 Å². The second-order valence-electron chi connectivity index (χ2n) is 5.85. The number of hydrogen-bond acceptors (Lipinski definition) is 5. The maximum Gasteiger partial charge on any atom is 0.355 e. The number of sulfonamides is 1. The van der Waals surface area contributed by atoms with Gasteiger partial charge in [-0.15, -0.1) is 0 Å². The molecule has 3 rings (SSSR count). The van der Waals surface area contributed by atoms with E-state index < -0.39 is 21.8 Å². The van der Waals surface area contributed by atoms with E-state index in [4.69, 9.17) is 10.00 Å². The summed E-state index contributed by atoms with van der Waals surface area (Å²) in [5.41, 5.74) is 0.268. The first-order valence-electron chi connectivity index (χ1n) is 7.96. The number of carbonyl (C=O) groups is 1. The summed E-state index contributed by atoms with van der Waals surface area (Å²) in [6, 6.07) is 6.82. The van der Waals surface area contributed by atoms with Gasteiger partial charge in [-0.3, -0.25) is 0 Å². The molecular weight excluding hydrogens is 361 g/mol. The first-order valence-corrected chi connectivity index (χ1v) is 9.40. The second-order valence-corrected chi connectivity index (χ2v) is 7.79. The molecule has 136 valence electrons. The van der Waals surface area contributed by atoms with Crippen molar-refractivity contribution in [3.05, 3.63) is 53.1 Å². The smallest absolute Gasteiger partial charge is 0.355 e. The third-order valence-corrected chi connectivity index (χ3v) is 5.99. The number of aromatic nitrogens is 1. The molecule has 0 unspecified atom stereocenters. The van der Waals surface area contributed by atoms with Crippen LogP contribution < -0.4 is 0 Å². The molecule has 1 aliphatic heterocycles. The number of hydrogen-bond donors (Lipinski definition) is 1. The molecular formula is C17H16FN3O4S. The van der Waals surface area contributed by atoms with E-state index in [1.54, 1.807) is 0 Å². The van der Waals surface area contributed by atoms with Crippen molar-refractivity contribution in [3.63, 3.8) is 0 Å². The minimum atomic E-state index is -3.64. The van der Waals surface area contributed by atoms with Gasteiger partial charge >= 0.3 is 5.97 Å². The van der Waals surface area contributed by atoms with Crippen LogP contribution in [0.3, 0.4) is 0 Å². The number of esters is 1. The van der Waals surface area contributed by atoms with Crippen molar-refractivity contribution < 1.29 is 22.3 Å². The van der Waals surface area contributed by atoms with Crippen molar-refractivity contribution in [3.8, 4) is 6.07 Å². The molecule has 0 bridgehead atoms. The molecule has 9 heteroatoms. The number of aromatic amines is 1. The molecule has 0 radical (unpaired) electrons. The number of ether oxygens (including phenoxy) is 1. The maximum atomic E-state index is 13.7. The molecule has 0 aliphatic carbocycles. The molecule has 0 saturated carbocycles. The fraction of sp³-hybridized carbons (Fsp3) is 0.294. The monoisotopic (exact) mass is 377 g/mol. The number of carbonyl (C=O) groups excluding carboxylic acids is 1. The summed E-state index contributed by atoms with van der Waals surface area (Å²) in [5.74, 6) is -1.41. The summed E-state index contributed by atoms with van der Waals surface area (Å²) in [6.07, 6.45) is 2.86.